The average Bonchev–Trinajstić information content (AvgIpc) is 2.04. The Hall–Kier alpha value is -0.860. The van der Waals surface area contributed by atoms with E-state index in [0.717, 1.165) is 6.42 Å². The summed E-state index contributed by atoms with van der Waals surface area (Å²) in [5.41, 5.74) is 0.551. The van der Waals surface area contributed by atoms with Crippen LogP contribution in [-0.4, -0.2) is 24.3 Å². The van der Waals surface area contributed by atoms with E-state index in [1.54, 1.807) is 0 Å². The minimum absolute atomic E-state index is 0.0640. The lowest BCUT2D eigenvalue weighted by atomic mass is 10.3. The zero-order chi connectivity index (χ0) is 10.3. The highest BCUT2D eigenvalue weighted by Crippen LogP contribution is 1.96. The Morgan fingerprint density at radius 1 is 1.38 bits per heavy atom. The van der Waals surface area contributed by atoms with E-state index < -0.39 is 0 Å². The summed E-state index contributed by atoms with van der Waals surface area (Å²) in [6.45, 7) is 8.33. The smallest absolute Gasteiger partial charge is 0.352 e. The molecule has 0 rings (SSSR count). The number of carbonyl (C=O) groups excluding carboxylic acids is 1. The van der Waals surface area contributed by atoms with Crippen molar-refractivity contribution >= 4 is 11.7 Å². The van der Waals surface area contributed by atoms with Gasteiger partial charge < -0.3 is 4.74 Å². The fraction of sp³-hybridized carbons (Fsp3) is 0.800. The van der Waals surface area contributed by atoms with E-state index >= 15 is 0 Å². The standard InChI is InChI=1S/C10H19NO2/c1-5-7-11-9(6-2)10(12)13-8(3)4/h8H,5-7H2,1-4H3/b11-9-. The first-order valence-corrected chi connectivity index (χ1v) is 4.86. The third-order valence-corrected chi connectivity index (χ3v) is 1.44. The van der Waals surface area contributed by atoms with Crippen LogP contribution >= 0.6 is 0 Å². The SMILES string of the molecule is CCC/N=C(/CC)C(=O)OC(C)C. The predicted molar refractivity (Wildman–Crippen MR) is 54.1 cm³/mol. The van der Waals surface area contributed by atoms with Gasteiger partial charge in [-0.3, -0.25) is 4.99 Å². The van der Waals surface area contributed by atoms with Crippen molar-refractivity contribution in [1.82, 2.24) is 0 Å². The van der Waals surface area contributed by atoms with Crippen molar-refractivity contribution in [2.75, 3.05) is 6.54 Å². The van der Waals surface area contributed by atoms with Gasteiger partial charge >= 0.3 is 5.97 Å². The molecule has 0 aliphatic heterocycles. The number of hydrogen-bond acceptors (Lipinski definition) is 3. The maximum absolute atomic E-state index is 11.3. The molecule has 0 aromatic heterocycles. The van der Waals surface area contributed by atoms with Gasteiger partial charge in [-0.25, -0.2) is 4.79 Å². The van der Waals surface area contributed by atoms with Gasteiger partial charge in [-0.05, 0) is 26.7 Å². The Morgan fingerprint density at radius 2 is 2.00 bits per heavy atom. The van der Waals surface area contributed by atoms with E-state index in [9.17, 15) is 4.79 Å². The lowest BCUT2D eigenvalue weighted by Gasteiger charge is -2.08. The summed E-state index contributed by atoms with van der Waals surface area (Å²) < 4.78 is 5.03. The molecule has 0 aromatic carbocycles. The number of esters is 1. The fourth-order valence-corrected chi connectivity index (χ4v) is 0.850. The molecule has 0 atom stereocenters. The fourth-order valence-electron chi connectivity index (χ4n) is 0.850. The molecule has 76 valence electrons. The van der Waals surface area contributed by atoms with E-state index in [2.05, 4.69) is 4.99 Å². The van der Waals surface area contributed by atoms with E-state index in [-0.39, 0.29) is 12.1 Å². The normalized spacial score (nSPS) is 11.9. The van der Waals surface area contributed by atoms with E-state index in [1.165, 1.54) is 0 Å². The first-order valence-electron chi connectivity index (χ1n) is 4.86. The molecule has 0 saturated carbocycles. The van der Waals surface area contributed by atoms with Crippen LogP contribution in [0, 0.1) is 0 Å². The molecule has 0 N–H and O–H groups in total. The zero-order valence-corrected chi connectivity index (χ0v) is 8.96. The molecule has 3 nitrogen and oxygen atoms in total. The van der Waals surface area contributed by atoms with Crippen LogP contribution in [0.1, 0.15) is 40.5 Å². The third kappa shape index (κ3) is 5.39. The quantitative estimate of drug-likeness (QED) is 0.486. The van der Waals surface area contributed by atoms with Gasteiger partial charge in [-0.1, -0.05) is 13.8 Å². The molecular weight excluding hydrogens is 166 g/mol. The minimum Gasteiger partial charge on any atom is -0.459 e. The van der Waals surface area contributed by atoms with Crippen molar-refractivity contribution in [3.05, 3.63) is 0 Å². The van der Waals surface area contributed by atoms with Gasteiger partial charge in [-0.2, -0.15) is 0 Å². The highest BCUT2D eigenvalue weighted by atomic mass is 16.5. The van der Waals surface area contributed by atoms with Gasteiger partial charge in [0.15, 0.2) is 0 Å². The van der Waals surface area contributed by atoms with Gasteiger partial charge in [-0.15, -0.1) is 0 Å². The van der Waals surface area contributed by atoms with Gasteiger partial charge in [0.05, 0.1) is 6.10 Å². The van der Waals surface area contributed by atoms with E-state index in [4.69, 9.17) is 4.74 Å². The second-order valence-corrected chi connectivity index (χ2v) is 3.14. The number of ether oxygens (including phenoxy) is 1. The molecule has 0 amide bonds. The van der Waals surface area contributed by atoms with Crippen LogP contribution in [0.4, 0.5) is 0 Å². The number of nitrogens with zero attached hydrogens (tertiary/aromatic N) is 1. The molecule has 0 saturated heterocycles. The van der Waals surface area contributed by atoms with Crippen LogP contribution in [0.5, 0.6) is 0 Å². The van der Waals surface area contributed by atoms with Crippen LogP contribution in [0.2, 0.25) is 0 Å². The highest BCUT2D eigenvalue weighted by Gasteiger charge is 2.11. The Kier molecular flexibility index (Phi) is 6.20. The average molecular weight is 185 g/mol. The van der Waals surface area contributed by atoms with E-state index in [1.807, 2.05) is 27.7 Å². The van der Waals surface area contributed by atoms with Crippen molar-refractivity contribution in [1.29, 1.82) is 0 Å². The van der Waals surface area contributed by atoms with Crippen LogP contribution < -0.4 is 0 Å². The largest absolute Gasteiger partial charge is 0.459 e. The molecule has 13 heavy (non-hydrogen) atoms. The highest BCUT2D eigenvalue weighted by molar-refractivity contribution is 6.36. The number of aliphatic imine (C=N–C) groups is 1. The van der Waals surface area contributed by atoms with Gasteiger partial charge in [0.2, 0.25) is 0 Å². The minimum atomic E-state index is -0.272. The molecule has 0 unspecified atom stereocenters. The molecule has 0 aromatic rings. The maximum atomic E-state index is 11.3. The monoisotopic (exact) mass is 185 g/mol. The molecule has 0 aliphatic rings. The van der Waals surface area contributed by atoms with Crippen molar-refractivity contribution in [3.63, 3.8) is 0 Å². The van der Waals surface area contributed by atoms with Crippen molar-refractivity contribution in [3.8, 4) is 0 Å². The summed E-state index contributed by atoms with van der Waals surface area (Å²) in [5, 5.41) is 0. The maximum Gasteiger partial charge on any atom is 0.352 e. The summed E-state index contributed by atoms with van der Waals surface area (Å²) in [5.74, 6) is -0.272. The first-order chi connectivity index (χ1) is 6.11. The molecule has 3 heteroatoms. The van der Waals surface area contributed by atoms with Crippen molar-refractivity contribution in [2.24, 2.45) is 4.99 Å². The zero-order valence-electron chi connectivity index (χ0n) is 8.96. The lowest BCUT2D eigenvalue weighted by molar-refractivity contribution is -0.139. The van der Waals surface area contributed by atoms with Crippen molar-refractivity contribution < 1.29 is 9.53 Å². The number of rotatable bonds is 5. The molecule has 0 radical (unpaired) electrons. The summed E-state index contributed by atoms with van der Waals surface area (Å²) in [6.07, 6.45) is 1.54. The third-order valence-electron chi connectivity index (χ3n) is 1.44. The Morgan fingerprint density at radius 3 is 2.38 bits per heavy atom. The number of hydrogen-bond donors (Lipinski definition) is 0. The van der Waals surface area contributed by atoms with Crippen LogP contribution in [0.3, 0.4) is 0 Å². The molecule has 0 aliphatic carbocycles. The molecular formula is C10H19NO2. The molecule has 0 fully saturated rings. The first kappa shape index (κ1) is 12.1. The van der Waals surface area contributed by atoms with Crippen LogP contribution in [-0.2, 0) is 9.53 Å². The summed E-state index contributed by atoms with van der Waals surface area (Å²) in [4.78, 5) is 15.5. The summed E-state index contributed by atoms with van der Waals surface area (Å²) in [6, 6.07) is 0. The van der Waals surface area contributed by atoms with Gasteiger partial charge in [0.1, 0.15) is 5.71 Å². The molecule has 0 heterocycles. The second kappa shape index (κ2) is 6.63. The van der Waals surface area contributed by atoms with Crippen LogP contribution in [0.15, 0.2) is 4.99 Å². The van der Waals surface area contributed by atoms with Crippen molar-refractivity contribution in [2.45, 2.75) is 46.6 Å². The Balaban J connectivity index is 4.14. The lowest BCUT2D eigenvalue weighted by Crippen LogP contribution is -2.20. The van der Waals surface area contributed by atoms with E-state index in [0.29, 0.717) is 18.7 Å². The predicted octanol–water partition coefficient (Wildman–Crippen LogP) is 2.20. The molecule has 0 spiro atoms. The topological polar surface area (TPSA) is 38.7 Å². The second-order valence-electron chi connectivity index (χ2n) is 3.14. The molecule has 0 bridgehead atoms. The summed E-state index contributed by atoms with van der Waals surface area (Å²) >= 11 is 0. The van der Waals surface area contributed by atoms with Crippen LogP contribution in [0.25, 0.3) is 0 Å². The van der Waals surface area contributed by atoms with Gasteiger partial charge in [0.25, 0.3) is 0 Å². The number of carbonyl (C=O) groups is 1. The van der Waals surface area contributed by atoms with Gasteiger partial charge in [0, 0.05) is 6.54 Å². The Labute approximate surface area is 80.2 Å². The summed E-state index contributed by atoms with van der Waals surface area (Å²) in [7, 11) is 0. The Bertz CT molecular complexity index is 185.